The number of hydrogen-bond acceptors (Lipinski definition) is 2. The summed E-state index contributed by atoms with van der Waals surface area (Å²) in [6.45, 7) is 0. The molecule has 1 heterocycles. The summed E-state index contributed by atoms with van der Waals surface area (Å²) in [4.78, 5) is 2.54. The van der Waals surface area contributed by atoms with Crippen LogP contribution in [0.15, 0.2) is 265 Å². The van der Waals surface area contributed by atoms with Gasteiger partial charge < -0.3 is 9.32 Å². The fraction of sp³-hybridized carbons (Fsp3) is 0.0278. The van der Waals surface area contributed by atoms with Crippen molar-refractivity contribution in [2.24, 2.45) is 0 Å². The van der Waals surface area contributed by atoms with E-state index in [1.165, 1.54) is 106 Å². The normalized spacial score (nSPS) is 14.2. The SMILES string of the molecule is c1ccc(-c2cc3c(oc4cccc(N(c5ccc6c(c5)C5(c7ccccc7-c7ccccc75)c5ccccc5-6)c5ccc6c(c5)C5(c7ccccc7-c7ccccc75)c5ccccc5-6)c43)c3ccccc23)cc1. The molecular weight excluding hydrogens is 895 g/mol. The van der Waals surface area contributed by atoms with Gasteiger partial charge in [-0.25, -0.2) is 0 Å². The maximum Gasteiger partial charge on any atom is 0.143 e. The molecule has 2 nitrogen and oxygen atoms in total. The van der Waals surface area contributed by atoms with Gasteiger partial charge in [-0.05, 0) is 148 Å². The zero-order valence-electron chi connectivity index (χ0n) is 40.2. The van der Waals surface area contributed by atoms with Gasteiger partial charge in [0.15, 0.2) is 0 Å². The van der Waals surface area contributed by atoms with Crippen molar-refractivity contribution in [2.75, 3.05) is 4.90 Å². The lowest BCUT2D eigenvalue weighted by Crippen LogP contribution is -2.26. The first-order valence-corrected chi connectivity index (χ1v) is 25.8. The summed E-state index contributed by atoms with van der Waals surface area (Å²) >= 11 is 0. The Balaban J connectivity index is 0.988. The third-order valence-corrected chi connectivity index (χ3v) is 17.3. The van der Waals surface area contributed by atoms with Crippen LogP contribution in [0, 0.1) is 0 Å². The highest BCUT2D eigenvalue weighted by Gasteiger charge is 2.53. The average Bonchev–Trinajstić information content (AvgIpc) is 4.25. The second-order valence-electron chi connectivity index (χ2n) is 20.5. The van der Waals surface area contributed by atoms with Gasteiger partial charge in [0, 0.05) is 22.1 Å². The van der Waals surface area contributed by atoms with Crippen molar-refractivity contribution >= 4 is 49.8 Å². The molecule has 0 saturated heterocycles. The van der Waals surface area contributed by atoms with Gasteiger partial charge in [0.05, 0.1) is 21.9 Å². The second-order valence-corrected chi connectivity index (χ2v) is 20.5. The fourth-order valence-electron chi connectivity index (χ4n) is 14.5. The molecule has 0 unspecified atom stereocenters. The lowest BCUT2D eigenvalue weighted by atomic mass is 9.70. The maximum atomic E-state index is 7.13. The molecule has 0 N–H and O–H groups in total. The van der Waals surface area contributed by atoms with Crippen molar-refractivity contribution in [1.82, 2.24) is 0 Å². The number of rotatable bonds is 4. The van der Waals surface area contributed by atoms with Crippen LogP contribution in [0.25, 0.3) is 88.3 Å². The van der Waals surface area contributed by atoms with Crippen LogP contribution in [-0.2, 0) is 10.8 Å². The van der Waals surface area contributed by atoms with Gasteiger partial charge in [0.2, 0.25) is 0 Å². The van der Waals surface area contributed by atoms with Crippen LogP contribution < -0.4 is 4.90 Å². The number of furan rings is 1. The Labute approximate surface area is 428 Å². The van der Waals surface area contributed by atoms with E-state index >= 15 is 0 Å². The number of nitrogens with zero attached hydrogens (tertiary/aromatic N) is 1. The minimum Gasteiger partial charge on any atom is -0.455 e. The Kier molecular flexibility index (Phi) is 7.90. The molecule has 0 bridgehead atoms. The Morgan fingerprint density at radius 2 is 0.662 bits per heavy atom. The molecule has 2 spiro atoms. The topological polar surface area (TPSA) is 16.4 Å². The van der Waals surface area contributed by atoms with E-state index in [0.29, 0.717) is 0 Å². The second kappa shape index (κ2) is 14.6. The quantitative estimate of drug-likeness (QED) is 0.175. The molecule has 342 valence electrons. The van der Waals surface area contributed by atoms with Crippen molar-refractivity contribution in [1.29, 1.82) is 0 Å². The van der Waals surface area contributed by atoms with Gasteiger partial charge in [0.1, 0.15) is 11.2 Å². The van der Waals surface area contributed by atoms with E-state index < -0.39 is 10.8 Å². The highest BCUT2D eigenvalue weighted by atomic mass is 16.3. The maximum absolute atomic E-state index is 7.13. The van der Waals surface area contributed by atoms with E-state index in [-0.39, 0.29) is 0 Å². The van der Waals surface area contributed by atoms with E-state index in [9.17, 15) is 0 Å². The number of anilines is 3. The molecule has 1 aromatic heterocycles. The number of hydrogen-bond donors (Lipinski definition) is 0. The lowest BCUT2D eigenvalue weighted by Gasteiger charge is -2.33. The lowest BCUT2D eigenvalue weighted by molar-refractivity contribution is 0.672. The summed E-state index contributed by atoms with van der Waals surface area (Å²) in [6.07, 6.45) is 0. The molecule has 4 aliphatic carbocycles. The van der Waals surface area contributed by atoms with Gasteiger partial charge in [-0.2, -0.15) is 0 Å². The van der Waals surface area contributed by atoms with Crippen LogP contribution in [0.4, 0.5) is 17.1 Å². The summed E-state index contributed by atoms with van der Waals surface area (Å²) in [5.74, 6) is 0. The average molecular weight is 938 g/mol. The van der Waals surface area contributed by atoms with Gasteiger partial charge in [-0.3, -0.25) is 0 Å². The Bertz CT molecular complexity index is 4250. The van der Waals surface area contributed by atoms with E-state index in [1.807, 2.05) is 0 Å². The predicted molar refractivity (Wildman–Crippen MR) is 304 cm³/mol. The number of fused-ring (bicyclic) bond motifs is 25. The molecule has 17 rings (SSSR count). The largest absolute Gasteiger partial charge is 0.455 e. The molecular formula is C72H43NO. The minimum absolute atomic E-state index is 0.514. The monoisotopic (exact) mass is 937 g/mol. The Hall–Kier alpha value is -9.50. The van der Waals surface area contributed by atoms with E-state index in [0.717, 1.165) is 44.4 Å². The Morgan fingerprint density at radius 1 is 0.270 bits per heavy atom. The number of benzene rings is 12. The molecule has 13 aromatic rings. The highest BCUT2D eigenvalue weighted by molar-refractivity contribution is 6.22. The summed E-state index contributed by atoms with van der Waals surface area (Å²) in [5.41, 5.74) is 27.2. The third kappa shape index (κ3) is 4.91. The molecule has 0 atom stereocenters. The van der Waals surface area contributed by atoms with Crippen LogP contribution in [0.3, 0.4) is 0 Å². The van der Waals surface area contributed by atoms with Crippen LogP contribution in [-0.4, -0.2) is 0 Å². The van der Waals surface area contributed by atoms with Gasteiger partial charge in [0.25, 0.3) is 0 Å². The fourth-order valence-corrected chi connectivity index (χ4v) is 14.5. The standard InChI is InChI=1S/C72H43NO/c1-2-19-44(20-3-1)57-43-58-69-67(35-18-36-68(69)74-70(58)56-28-5-4-21-47(56)57)73(45-37-39-54-52-26-10-16-33-63(52)71(65(54)41-45)59-29-12-6-22-48(59)49-23-7-13-30-60(49)71)46-38-40-55-53-27-11-17-34-64(53)72(66(55)42-46)61-31-14-8-24-50(61)51-25-9-15-32-62(51)72/h1-43H. The molecule has 74 heavy (non-hydrogen) atoms. The zero-order valence-corrected chi connectivity index (χ0v) is 40.2. The molecule has 0 radical (unpaired) electrons. The zero-order chi connectivity index (χ0) is 48.3. The summed E-state index contributed by atoms with van der Waals surface area (Å²) in [5, 5.41) is 4.44. The van der Waals surface area contributed by atoms with Crippen molar-refractivity contribution in [2.45, 2.75) is 10.8 Å². The van der Waals surface area contributed by atoms with Crippen molar-refractivity contribution in [3.8, 4) is 55.6 Å². The van der Waals surface area contributed by atoms with E-state index in [4.69, 9.17) is 4.42 Å². The van der Waals surface area contributed by atoms with Crippen molar-refractivity contribution in [3.05, 3.63) is 305 Å². The Morgan fingerprint density at radius 3 is 1.12 bits per heavy atom. The summed E-state index contributed by atoms with van der Waals surface area (Å²) in [6, 6.07) is 97.7. The van der Waals surface area contributed by atoms with E-state index in [1.54, 1.807) is 0 Å². The molecule has 0 fully saturated rings. The first-order valence-electron chi connectivity index (χ1n) is 25.8. The van der Waals surface area contributed by atoms with Crippen LogP contribution in [0.1, 0.15) is 44.5 Å². The van der Waals surface area contributed by atoms with Gasteiger partial charge in [-0.1, -0.05) is 218 Å². The molecule has 4 aliphatic rings. The highest BCUT2D eigenvalue weighted by Crippen LogP contribution is 2.66. The molecule has 12 aromatic carbocycles. The molecule has 2 heteroatoms. The van der Waals surface area contributed by atoms with E-state index in [2.05, 4.69) is 266 Å². The van der Waals surface area contributed by atoms with Crippen LogP contribution >= 0.6 is 0 Å². The van der Waals surface area contributed by atoms with Crippen molar-refractivity contribution < 1.29 is 4.42 Å². The minimum atomic E-state index is -0.514. The summed E-state index contributed by atoms with van der Waals surface area (Å²) < 4.78 is 7.13. The predicted octanol–water partition coefficient (Wildman–Crippen LogP) is 18.6. The van der Waals surface area contributed by atoms with Crippen molar-refractivity contribution in [3.63, 3.8) is 0 Å². The van der Waals surface area contributed by atoms with Crippen LogP contribution in [0.5, 0.6) is 0 Å². The third-order valence-electron chi connectivity index (χ3n) is 17.3. The molecule has 0 amide bonds. The first-order chi connectivity index (χ1) is 36.7. The van der Waals surface area contributed by atoms with Gasteiger partial charge in [-0.15, -0.1) is 0 Å². The molecule has 0 saturated carbocycles. The first kappa shape index (κ1) is 40.1. The van der Waals surface area contributed by atoms with Crippen LogP contribution in [0.2, 0.25) is 0 Å². The molecule has 0 aliphatic heterocycles. The van der Waals surface area contributed by atoms with Gasteiger partial charge >= 0.3 is 0 Å². The summed E-state index contributed by atoms with van der Waals surface area (Å²) in [7, 11) is 0. The smallest absolute Gasteiger partial charge is 0.143 e.